The Balaban J connectivity index is 2.22. The van der Waals surface area contributed by atoms with Crippen LogP contribution < -0.4 is 0 Å². The van der Waals surface area contributed by atoms with Crippen LogP contribution in [-0.4, -0.2) is 12.7 Å². The van der Waals surface area contributed by atoms with Gasteiger partial charge in [-0.15, -0.1) is 0 Å². The second-order valence-corrected chi connectivity index (χ2v) is 5.55. The van der Waals surface area contributed by atoms with Gasteiger partial charge in [0.05, 0.1) is 6.10 Å². The van der Waals surface area contributed by atoms with Crippen LogP contribution in [0.2, 0.25) is 0 Å². The monoisotopic (exact) mass is 182 g/mol. The van der Waals surface area contributed by atoms with Crippen LogP contribution in [-0.2, 0) is 4.74 Å². The quantitative estimate of drug-likeness (QED) is 0.637. The lowest BCUT2D eigenvalue weighted by Crippen LogP contribution is -2.37. The Kier molecular flexibility index (Phi) is 1.99. The third-order valence-corrected chi connectivity index (χ3v) is 5.08. The summed E-state index contributed by atoms with van der Waals surface area (Å²) in [4.78, 5) is 0. The van der Waals surface area contributed by atoms with Gasteiger partial charge in [-0.3, -0.25) is 0 Å². The predicted octanol–water partition coefficient (Wildman–Crippen LogP) is 3.24. The predicted molar refractivity (Wildman–Crippen MR) is 54.6 cm³/mol. The van der Waals surface area contributed by atoms with Gasteiger partial charge < -0.3 is 4.74 Å². The number of hydrogen-bond acceptors (Lipinski definition) is 1. The molecule has 2 aliphatic carbocycles. The summed E-state index contributed by atoms with van der Waals surface area (Å²) in [6, 6.07) is 0. The van der Waals surface area contributed by atoms with Gasteiger partial charge in [0.15, 0.2) is 0 Å². The molecule has 3 atom stereocenters. The molecule has 0 amide bonds. The van der Waals surface area contributed by atoms with Crippen LogP contribution >= 0.6 is 0 Å². The highest BCUT2D eigenvalue weighted by Gasteiger charge is 2.61. The van der Waals surface area contributed by atoms with Crippen molar-refractivity contribution < 1.29 is 4.74 Å². The Hall–Kier alpha value is -0.0400. The van der Waals surface area contributed by atoms with E-state index in [2.05, 4.69) is 27.7 Å². The molecular weight excluding hydrogens is 160 g/mol. The van der Waals surface area contributed by atoms with Crippen molar-refractivity contribution in [3.8, 4) is 0 Å². The topological polar surface area (TPSA) is 9.23 Å². The summed E-state index contributed by atoms with van der Waals surface area (Å²) in [5, 5.41) is 0. The molecule has 0 spiro atoms. The van der Waals surface area contributed by atoms with Crippen molar-refractivity contribution in [3.63, 3.8) is 0 Å². The fourth-order valence-corrected chi connectivity index (χ4v) is 3.58. The third kappa shape index (κ3) is 1.03. The minimum atomic E-state index is 0.452. The zero-order chi connectivity index (χ0) is 9.69. The average Bonchev–Trinajstić information content (AvgIpc) is 2.37. The van der Waals surface area contributed by atoms with E-state index in [0.29, 0.717) is 16.9 Å². The van der Waals surface area contributed by atoms with Gasteiger partial charge in [-0.2, -0.15) is 0 Å². The molecule has 0 N–H and O–H groups in total. The number of ether oxygens (including phenoxy) is 1. The molecule has 1 nitrogen and oxygen atoms in total. The van der Waals surface area contributed by atoms with E-state index in [0.717, 1.165) is 12.5 Å². The zero-order valence-corrected chi connectivity index (χ0v) is 9.39. The molecule has 76 valence electrons. The molecule has 0 aliphatic heterocycles. The molecule has 0 heterocycles. The maximum atomic E-state index is 5.88. The van der Waals surface area contributed by atoms with Crippen LogP contribution in [0.3, 0.4) is 0 Å². The van der Waals surface area contributed by atoms with Crippen molar-refractivity contribution in [2.75, 3.05) is 6.61 Å². The maximum absolute atomic E-state index is 5.88. The zero-order valence-electron chi connectivity index (χ0n) is 9.39. The van der Waals surface area contributed by atoms with E-state index in [-0.39, 0.29) is 0 Å². The second kappa shape index (κ2) is 2.73. The molecule has 0 unspecified atom stereocenters. The molecule has 0 aromatic heterocycles. The molecule has 2 aliphatic rings. The van der Waals surface area contributed by atoms with Crippen molar-refractivity contribution >= 4 is 0 Å². The van der Waals surface area contributed by atoms with Crippen LogP contribution in [0.25, 0.3) is 0 Å². The van der Waals surface area contributed by atoms with E-state index in [1.165, 1.54) is 19.3 Å². The van der Waals surface area contributed by atoms with Crippen LogP contribution in [0.15, 0.2) is 0 Å². The fourth-order valence-electron chi connectivity index (χ4n) is 3.58. The molecule has 0 saturated heterocycles. The number of hydrogen-bond donors (Lipinski definition) is 0. The Labute approximate surface area is 81.9 Å². The second-order valence-electron chi connectivity index (χ2n) is 5.55. The smallest absolute Gasteiger partial charge is 0.0636 e. The van der Waals surface area contributed by atoms with Gasteiger partial charge in [-0.25, -0.2) is 0 Å². The lowest BCUT2D eigenvalue weighted by atomic mass is 9.70. The first-order valence-electron chi connectivity index (χ1n) is 5.64. The van der Waals surface area contributed by atoms with Gasteiger partial charge in [0.2, 0.25) is 0 Å². The SMILES string of the molecule is CCO[C@H]1C[C@H]2CC[C@@]1(C)C2(C)C. The molecule has 0 aromatic rings. The highest BCUT2D eigenvalue weighted by atomic mass is 16.5. The lowest BCUT2D eigenvalue weighted by molar-refractivity contribution is -0.0413. The summed E-state index contributed by atoms with van der Waals surface area (Å²) in [6.45, 7) is 10.3. The summed E-state index contributed by atoms with van der Waals surface area (Å²) < 4.78 is 5.88. The van der Waals surface area contributed by atoms with Crippen LogP contribution in [0.5, 0.6) is 0 Å². The summed E-state index contributed by atoms with van der Waals surface area (Å²) in [6.07, 6.45) is 4.63. The summed E-state index contributed by atoms with van der Waals surface area (Å²) in [5.41, 5.74) is 0.959. The summed E-state index contributed by atoms with van der Waals surface area (Å²) >= 11 is 0. The molecule has 1 heteroatoms. The Morgan fingerprint density at radius 1 is 1.31 bits per heavy atom. The minimum absolute atomic E-state index is 0.452. The molecule has 2 fully saturated rings. The number of rotatable bonds is 2. The van der Waals surface area contributed by atoms with Crippen molar-refractivity contribution in [1.82, 2.24) is 0 Å². The maximum Gasteiger partial charge on any atom is 0.0636 e. The molecular formula is C12H22O. The van der Waals surface area contributed by atoms with Gasteiger partial charge in [0.25, 0.3) is 0 Å². The van der Waals surface area contributed by atoms with E-state index in [1.807, 2.05) is 0 Å². The van der Waals surface area contributed by atoms with Gasteiger partial charge in [-0.1, -0.05) is 20.8 Å². The Morgan fingerprint density at radius 3 is 2.38 bits per heavy atom. The van der Waals surface area contributed by atoms with Crippen molar-refractivity contribution in [1.29, 1.82) is 0 Å². The Morgan fingerprint density at radius 2 is 2.00 bits per heavy atom. The highest BCUT2D eigenvalue weighted by molar-refractivity contribution is 5.11. The molecule has 2 bridgehead atoms. The van der Waals surface area contributed by atoms with Crippen molar-refractivity contribution in [3.05, 3.63) is 0 Å². The first-order valence-corrected chi connectivity index (χ1v) is 5.64. The van der Waals surface area contributed by atoms with Crippen LogP contribution in [0.1, 0.15) is 47.0 Å². The highest BCUT2D eigenvalue weighted by Crippen LogP contribution is 2.66. The number of fused-ring (bicyclic) bond motifs is 2. The standard InChI is InChI=1S/C12H22O/c1-5-13-10-8-9-6-7-12(10,4)11(9,2)3/h9-10H,5-8H2,1-4H3/t9-,10+,12-/m1/s1. The third-order valence-electron chi connectivity index (χ3n) is 5.08. The first kappa shape index (κ1) is 9.51. The fraction of sp³-hybridized carbons (Fsp3) is 1.00. The van der Waals surface area contributed by atoms with E-state index in [1.54, 1.807) is 0 Å². The van der Waals surface area contributed by atoms with Crippen LogP contribution in [0, 0.1) is 16.7 Å². The first-order chi connectivity index (χ1) is 6.02. The van der Waals surface area contributed by atoms with Crippen molar-refractivity contribution in [2.24, 2.45) is 16.7 Å². The van der Waals surface area contributed by atoms with E-state index in [9.17, 15) is 0 Å². The van der Waals surface area contributed by atoms with Gasteiger partial charge >= 0.3 is 0 Å². The van der Waals surface area contributed by atoms with E-state index < -0.39 is 0 Å². The molecule has 2 saturated carbocycles. The molecule has 2 rings (SSSR count). The average molecular weight is 182 g/mol. The normalized spacial score (nSPS) is 47.1. The van der Waals surface area contributed by atoms with Gasteiger partial charge in [0, 0.05) is 6.61 Å². The molecule has 0 aromatic carbocycles. The molecule has 13 heavy (non-hydrogen) atoms. The molecule has 0 radical (unpaired) electrons. The van der Waals surface area contributed by atoms with Crippen LogP contribution in [0.4, 0.5) is 0 Å². The largest absolute Gasteiger partial charge is 0.378 e. The lowest BCUT2D eigenvalue weighted by Gasteiger charge is -2.38. The van der Waals surface area contributed by atoms with Crippen molar-refractivity contribution in [2.45, 2.75) is 53.1 Å². The minimum Gasteiger partial charge on any atom is -0.378 e. The van der Waals surface area contributed by atoms with E-state index >= 15 is 0 Å². The summed E-state index contributed by atoms with van der Waals surface area (Å²) in [5.74, 6) is 0.911. The van der Waals surface area contributed by atoms with E-state index in [4.69, 9.17) is 4.74 Å². The van der Waals surface area contributed by atoms with Gasteiger partial charge in [0.1, 0.15) is 0 Å². The Bertz CT molecular complexity index is 209. The summed E-state index contributed by atoms with van der Waals surface area (Å²) in [7, 11) is 0. The van der Waals surface area contributed by atoms with Gasteiger partial charge in [-0.05, 0) is 42.9 Å².